The van der Waals surface area contributed by atoms with Crippen LogP contribution in [0.5, 0.6) is 11.5 Å². The van der Waals surface area contributed by atoms with Crippen LogP contribution in [0.1, 0.15) is 0 Å². The average molecular weight is 406 g/mol. The molecule has 0 bridgehead atoms. The van der Waals surface area contributed by atoms with Crippen LogP contribution in [0.4, 0.5) is 5.69 Å². The molecule has 1 aliphatic rings. The van der Waals surface area contributed by atoms with Gasteiger partial charge in [0.05, 0.1) is 23.8 Å². The molecule has 1 saturated heterocycles. The molecule has 2 aromatic carbocycles. The van der Waals surface area contributed by atoms with Crippen LogP contribution in [-0.2, 0) is 24.3 Å². The van der Waals surface area contributed by atoms with Crippen molar-refractivity contribution in [2.24, 2.45) is 0 Å². The van der Waals surface area contributed by atoms with Gasteiger partial charge in [-0.3, -0.25) is 4.79 Å². The van der Waals surface area contributed by atoms with Crippen molar-refractivity contribution in [3.8, 4) is 11.5 Å². The summed E-state index contributed by atoms with van der Waals surface area (Å²) in [6.07, 6.45) is 0. The van der Waals surface area contributed by atoms with E-state index in [1.54, 1.807) is 12.1 Å². The van der Waals surface area contributed by atoms with E-state index in [4.69, 9.17) is 14.2 Å². The van der Waals surface area contributed by atoms with E-state index in [2.05, 4.69) is 5.32 Å². The van der Waals surface area contributed by atoms with Crippen molar-refractivity contribution in [3.05, 3.63) is 48.5 Å². The second-order valence-corrected chi connectivity index (χ2v) is 8.01. The Kier molecular flexibility index (Phi) is 6.63. The van der Waals surface area contributed by atoms with Gasteiger partial charge in [-0.1, -0.05) is 18.2 Å². The lowest BCUT2D eigenvalue weighted by Gasteiger charge is -2.26. The van der Waals surface area contributed by atoms with Crippen molar-refractivity contribution < 1.29 is 27.4 Å². The molecule has 1 heterocycles. The van der Waals surface area contributed by atoms with Crippen molar-refractivity contribution in [3.63, 3.8) is 0 Å². The van der Waals surface area contributed by atoms with Crippen LogP contribution < -0.4 is 10.1 Å². The first-order valence-corrected chi connectivity index (χ1v) is 10.2. The minimum Gasteiger partial charge on any atom is -0.455 e. The van der Waals surface area contributed by atoms with Crippen molar-refractivity contribution in [1.82, 2.24) is 4.31 Å². The maximum atomic E-state index is 12.9. The van der Waals surface area contributed by atoms with Gasteiger partial charge in [-0.2, -0.15) is 4.31 Å². The maximum absolute atomic E-state index is 12.9. The molecule has 28 heavy (non-hydrogen) atoms. The third-order valence-electron chi connectivity index (χ3n) is 4.08. The Morgan fingerprint density at radius 1 is 1.14 bits per heavy atom. The van der Waals surface area contributed by atoms with Crippen LogP contribution in [0, 0.1) is 0 Å². The number of benzene rings is 2. The summed E-state index contributed by atoms with van der Waals surface area (Å²) in [6.45, 7) is 1.12. The lowest BCUT2D eigenvalue weighted by Crippen LogP contribution is -2.40. The zero-order valence-corrected chi connectivity index (χ0v) is 16.3. The molecule has 0 spiro atoms. The standard InChI is InChI=1S/C19H22N2O6S/c1-25-14-19(22)20-17-13-16(28(23,24)21-9-11-26-12-10-21)7-8-18(17)27-15-5-3-2-4-6-15/h2-8,13H,9-12,14H2,1H3,(H,20,22). The van der Waals surface area contributed by atoms with Gasteiger partial charge in [0.1, 0.15) is 12.4 Å². The topological polar surface area (TPSA) is 94.2 Å². The Morgan fingerprint density at radius 3 is 2.54 bits per heavy atom. The predicted molar refractivity (Wildman–Crippen MR) is 103 cm³/mol. The maximum Gasteiger partial charge on any atom is 0.250 e. The fourth-order valence-corrected chi connectivity index (χ4v) is 4.16. The number of hydrogen-bond donors (Lipinski definition) is 1. The molecule has 1 N–H and O–H groups in total. The lowest BCUT2D eigenvalue weighted by molar-refractivity contribution is -0.119. The SMILES string of the molecule is COCC(=O)Nc1cc(S(=O)(=O)N2CCOCC2)ccc1Oc1ccccc1. The smallest absolute Gasteiger partial charge is 0.250 e. The Bertz CT molecular complexity index is 911. The van der Waals surface area contributed by atoms with Crippen LogP contribution in [0.2, 0.25) is 0 Å². The number of para-hydroxylation sites is 1. The van der Waals surface area contributed by atoms with Crippen LogP contribution >= 0.6 is 0 Å². The number of methoxy groups -OCH3 is 1. The van der Waals surface area contributed by atoms with Crippen molar-refractivity contribution in [2.45, 2.75) is 4.90 Å². The molecule has 8 nitrogen and oxygen atoms in total. The summed E-state index contributed by atoms with van der Waals surface area (Å²) in [6, 6.07) is 13.4. The quantitative estimate of drug-likeness (QED) is 0.757. The number of amides is 1. The minimum atomic E-state index is -3.71. The summed E-state index contributed by atoms with van der Waals surface area (Å²) in [5.74, 6) is 0.478. The number of carbonyl (C=O) groups is 1. The van der Waals surface area contributed by atoms with Crippen molar-refractivity contribution in [1.29, 1.82) is 0 Å². The Morgan fingerprint density at radius 2 is 1.86 bits per heavy atom. The van der Waals surface area contributed by atoms with Gasteiger partial charge >= 0.3 is 0 Å². The lowest BCUT2D eigenvalue weighted by atomic mass is 10.2. The number of ether oxygens (including phenoxy) is 3. The average Bonchev–Trinajstić information content (AvgIpc) is 2.71. The molecule has 2 aromatic rings. The van der Waals surface area contributed by atoms with E-state index in [1.165, 1.54) is 29.6 Å². The summed E-state index contributed by atoms with van der Waals surface area (Å²) < 4.78 is 43.1. The molecule has 1 fully saturated rings. The van der Waals surface area contributed by atoms with Gasteiger partial charge in [0, 0.05) is 20.2 Å². The van der Waals surface area contributed by atoms with E-state index in [9.17, 15) is 13.2 Å². The number of carbonyl (C=O) groups excluding carboxylic acids is 1. The zero-order chi connectivity index (χ0) is 20.0. The number of nitrogens with zero attached hydrogens (tertiary/aromatic N) is 1. The molecule has 3 rings (SSSR count). The fraction of sp³-hybridized carbons (Fsp3) is 0.316. The molecule has 0 aliphatic carbocycles. The molecule has 1 aliphatic heterocycles. The molecule has 150 valence electrons. The third kappa shape index (κ3) is 4.87. The summed E-state index contributed by atoms with van der Waals surface area (Å²) in [5.41, 5.74) is 0.250. The highest BCUT2D eigenvalue weighted by Crippen LogP contribution is 2.33. The van der Waals surface area contributed by atoms with Crippen LogP contribution in [-0.4, -0.2) is 58.7 Å². The number of sulfonamides is 1. The highest BCUT2D eigenvalue weighted by Gasteiger charge is 2.27. The number of rotatable bonds is 7. The van der Waals surface area contributed by atoms with Gasteiger partial charge in [0.25, 0.3) is 0 Å². The van der Waals surface area contributed by atoms with E-state index >= 15 is 0 Å². The molecular formula is C19H22N2O6S. The minimum absolute atomic E-state index is 0.0718. The predicted octanol–water partition coefficient (Wildman–Crippen LogP) is 2.08. The van der Waals surface area contributed by atoms with Crippen molar-refractivity contribution >= 4 is 21.6 Å². The molecular weight excluding hydrogens is 384 g/mol. The summed E-state index contributed by atoms with van der Waals surface area (Å²) in [7, 11) is -2.30. The first kappa shape index (κ1) is 20.3. The summed E-state index contributed by atoms with van der Waals surface area (Å²) in [5, 5.41) is 2.65. The van der Waals surface area contributed by atoms with Crippen LogP contribution in [0.25, 0.3) is 0 Å². The van der Waals surface area contributed by atoms with Crippen molar-refractivity contribution in [2.75, 3.05) is 45.3 Å². The van der Waals surface area contributed by atoms with Gasteiger partial charge in [0.15, 0.2) is 5.75 Å². The van der Waals surface area contributed by atoms with E-state index in [-0.39, 0.29) is 30.3 Å². The van der Waals surface area contributed by atoms with Gasteiger partial charge in [-0.05, 0) is 30.3 Å². The van der Waals surface area contributed by atoms with E-state index in [0.717, 1.165) is 0 Å². The van der Waals surface area contributed by atoms with E-state index < -0.39 is 15.9 Å². The highest BCUT2D eigenvalue weighted by molar-refractivity contribution is 7.89. The first-order chi connectivity index (χ1) is 13.5. The Balaban J connectivity index is 1.93. The molecule has 0 radical (unpaired) electrons. The first-order valence-electron chi connectivity index (χ1n) is 8.74. The summed E-state index contributed by atoms with van der Waals surface area (Å²) >= 11 is 0. The molecule has 0 saturated carbocycles. The van der Waals surface area contributed by atoms with Crippen LogP contribution in [0.15, 0.2) is 53.4 Å². The van der Waals surface area contributed by atoms with Gasteiger partial charge < -0.3 is 19.5 Å². The number of hydrogen-bond acceptors (Lipinski definition) is 6. The van der Waals surface area contributed by atoms with Gasteiger partial charge in [-0.15, -0.1) is 0 Å². The van der Waals surface area contributed by atoms with Gasteiger partial charge in [0.2, 0.25) is 15.9 Å². The number of nitrogens with one attached hydrogen (secondary N) is 1. The largest absolute Gasteiger partial charge is 0.455 e. The molecule has 0 atom stereocenters. The van der Waals surface area contributed by atoms with Gasteiger partial charge in [-0.25, -0.2) is 8.42 Å². The third-order valence-corrected chi connectivity index (χ3v) is 5.97. The molecule has 1 amide bonds. The highest BCUT2D eigenvalue weighted by atomic mass is 32.2. The molecule has 9 heteroatoms. The van der Waals surface area contributed by atoms with Crippen LogP contribution in [0.3, 0.4) is 0 Å². The normalized spacial score (nSPS) is 15.2. The van der Waals surface area contributed by atoms with E-state index in [0.29, 0.717) is 24.7 Å². The molecule has 0 unspecified atom stereocenters. The second kappa shape index (κ2) is 9.16. The Labute approximate surface area is 164 Å². The van der Waals surface area contributed by atoms with E-state index in [1.807, 2.05) is 18.2 Å². The summed E-state index contributed by atoms with van der Waals surface area (Å²) in [4.78, 5) is 12.1. The fourth-order valence-electron chi connectivity index (χ4n) is 2.73. The second-order valence-electron chi connectivity index (χ2n) is 6.07. The molecule has 0 aromatic heterocycles. The Hall–Kier alpha value is -2.46. The monoisotopic (exact) mass is 406 g/mol. The zero-order valence-electron chi connectivity index (χ0n) is 15.5. The number of morpholine rings is 1. The number of anilines is 1.